The summed E-state index contributed by atoms with van der Waals surface area (Å²) in [6.45, 7) is 0.349. The fourth-order valence-electron chi connectivity index (χ4n) is 1.87. The zero-order chi connectivity index (χ0) is 13.6. The van der Waals surface area contributed by atoms with Crippen LogP contribution in [0.5, 0.6) is 0 Å². The molecule has 0 unspecified atom stereocenters. The number of nitrogens with zero attached hydrogens (tertiary/aromatic N) is 2. The summed E-state index contributed by atoms with van der Waals surface area (Å²) in [4.78, 5) is 17.8. The number of aromatic amines is 1. The maximum Gasteiger partial charge on any atom is 0.304 e. The van der Waals surface area contributed by atoms with Crippen LogP contribution in [0.25, 0.3) is 11.0 Å². The van der Waals surface area contributed by atoms with E-state index in [1.54, 1.807) is 16.0 Å². The van der Waals surface area contributed by atoms with Crippen molar-refractivity contribution in [2.24, 2.45) is 0 Å². The number of anilines is 1. The van der Waals surface area contributed by atoms with Gasteiger partial charge in [-0.3, -0.25) is 4.79 Å². The molecule has 98 valence electrons. The number of nitrogens with one attached hydrogen (secondary N) is 1. The second kappa shape index (κ2) is 4.46. The molecule has 0 fully saturated rings. The number of rotatable bonds is 2. The van der Waals surface area contributed by atoms with Gasteiger partial charge in [0.25, 0.3) is 0 Å². The third-order valence-electron chi connectivity index (χ3n) is 2.72. The molecular weight excluding hydrogens is 335 g/mol. The van der Waals surface area contributed by atoms with Crippen LogP contribution in [0.2, 0.25) is 0 Å². The van der Waals surface area contributed by atoms with Crippen molar-refractivity contribution in [2.75, 3.05) is 5.73 Å². The lowest BCUT2D eigenvalue weighted by Gasteiger charge is -2.04. The molecule has 0 bridgehead atoms. The number of imidazole rings is 1. The average molecular weight is 343 g/mol. The summed E-state index contributed by atoms with van der Waals surface area (Å²) in [6.07, 6.45) is 0. The third-order valence-corrected chi connectivity index (χ3v) is 4.05. The van der Waals surface area contributed by atoms with E-state index in [-0.39, 0.29) is 16.6 Å². The Morgan fingerprint density at radius 1 is 1.53 bits per heavy atom. The second-order valence-electron chi connectivity index (χ2n) is 3.98. The molecular formula is C11H8BrFN4OS. The maximum atomic E-state index is 13.6. The average Bonchev–Trinajstić information content (AvgIpc) is 2.87. The van der Waals surface area contributed by atoms with E-state index in [0.717, 1.165) is 11.3 Å². The Bertz CT molecular complexity index is 822. The number of fused-ring (bicyclic) bond motifs is 1. The van der Waals surface area contributed by atoms with Gasteiger partial charge >= 0.3 is 4.87 Å². The monoisotopic (exact) mass is 342 g/mol. The van der Waals surface area contributed by atoms with Crippen molar-refractivity contribution < 1.29 is 4.39 Å². The van der Waals surface area contributed by atoms with E-state index in [9.17, 15) is 9.18 Å². The summed E-state index contributed by atoms with van der Waals surface area (Å²) in [5.41, 5.74) is 7.73. The Morgan fingerprint density at radius 2 is 2.32 bits per heavy atom. The van der Waals surface area contributed by atoms with Crippen LogP contribution in [-0.2, 0) is 6.54 Å². The second-order valence-corrected chi connectivity index (χ2v) is 5.68. The minimum Gasteiger partial charge on any atom is -0.369 e. The number of aromatic nitrogens is 3. The smallest absolute Gasteiger partial charge is 0.304 e. The number of thiazole rings is 1. The molecule has 0 saturated carbocycles. The molecule has 3 aromatic rings. The van der Waals surface area contributed by atoms with Crippen LogP contribution < -0.4 is 10.6 Å². The molecule has 0 amide bonds. The Hall–Kier alpha value is -1.67. The number of hydrogen-bond donors (Lipinski definition) is 2. The minimum absolute atomic E-state index is 0.132. The lowest BCUT2D eigenvalue weighted by molar-refractivity contribution is 0.622. The van der Waals surface area contributed by atoms with Crippen LogP contribution in [-0.4, -0.2) is 14.5 Å². The number of nitrogens with two attached hydrogens (primary N) is 1. The van der Waals surface area contributed by atoms with Gasteiger partial charge in [-0.15, -0.1) is 0 Å². The maximum absolute atomic E-state index is 13.6. The predicted octanol–water partition coefficient (Wildman–Crippen LogP) is 2.32. The molecule has 0 radical (unpaired) electrons. The van der Waals surface area contributed by atoms with Crippen LogP contribution in [0, 0.1) is 5.82 Å². The molecule has 19 heavy (non-hydrogen) atoms. The fourth-order valence-corrected chi connectivity index (χ4v) is 2.77. The first kappa shape index (κ1) is 12.4. The molecule has 0 spiro atoms. The van der Waals surface area contributed by atoms with Gasteiger partial charge in [0.1, 0.15) is 5.82 Å². The molecule has 3 rings (SSSR count). The van der Waals surface area contributed by atoms with Gasteiger partial charge in [0.05, 0.1) is 22.1 Å². The first-order chi connectivity index (χ1) is 9.04. The summed E-state index contributed by atoms with van der Waals surface area (Å²) in [5, 5.41) is 1.71. The summed E-state index contributed by atoms with van der Waals surface area (Å²) >= 11 is 4.19. The van der Waals surface area contributed by atoms with Gasteiger partial charge in [-0.1, -0.05) is 11.3 Å². The standard InChI is InChI=1S/C11H8BrFN4OS/c12-6-1-8-9(2-7(6)13)17(10(14)16-8)3-5-4-19-11(18)15-5/h1-2,4H,3H2,(H2,14,16)(H,15,18). The summed E-state index contributed by atoms with van der Waals surface area (Å²) in [5.74, 6) is -0.105. The molecule has 5 nitrogen and oxygen atoms in total. The lowest BCUT2D eigenvalue weighted by atomic mass is 10.3. The van der Waals surface area contributed by atoms with Gasteiger partial charge in [0.2, 0.25) is 5.95 Å². The van der Waals surface area contributed by atoms with Crippen molar-refractivity contribution in [1.82, 2.24) is 14.5 Å². The molecule has 0 atom stereocenters. The van der Waals surface area contributed by atoms with Crippen molar-refractivity contribution in [3.63, 3.8) is 0 Å². The fraction of sp³-hybridized carbons (Fsp3) is 0.0909. The molecule has 3 N–H and O–H groups in total. The molecule has 0 saturated heterocycles. The highest BCUT2D eigenvalue weighted by Crippen LogP contribution is 2.25. The van der Waals surface area contributed by atoms with Crippen molar-refractivity contribution in [2.45, 2.75) is 6.54 Å². The zero-order valence-electron chi connectivity index (χ0n) is 9.48. The Labute approximate surface area is 119 Å². The zero-order valence-corrected chi connectivity index (χ0v) is 11.9. The molecule has 2 heterocycles. The summed E-state index contributed by atoms with van der Waals surface area (Å²) < 4.78 is 15.6. The van der Waals surface area contributed by atoms with E-state index < -0.39 is 0 Å². The van der Waals surface area contributed by atoms with E-state index in [1.807, 2.05) is 0 Å². The van der Waals surface area contributed by atoms with E-state index in [1.165, 1.54) is 6.07 Å². The molecule has 0 aliphatic carbocycles. The Morgan fingerprint density at radius 3 is 3.00 bits per heavy atom. The highest BCUT2D eigenvalue weighted by atomic mass is 79.9. The van der Waals surface area contributed by atoms with E-state index in [4.69, 9.17) is 5.73 Å². The van der Waals surface area contributed by atoms with E-state index >= 15 is 0 Å². The topological polar surface area (TPSA) is 76.7 Å². The van der Waals surface area contributed by atoms with Gasteiger partial charge in [-0.05, 0) is 22.0 Å². The Balaban J connectivity index is 2.14. The van der Waals surface area contributed by atoms with Gasteiger partial charge in [-0.2, -0.15) is 0 Å². The molecule has 8 heteroatoms. The first-order valence-electron chi connectivity index (χ1n) is 5.32. The molecule has 2 aromatic heterocycles. The Kier molecular flexibility index (Phi) is 2.90. The highest BCUT2D eigenvalue weighted by molar-refractivity contribution is 9.10. The molecule has 0 aliphatic rings. The van der Waals surface area contributed by atoms with Crippen molar-refractivity contribution in [3.05, 3.63) is 43.2 Å². The SMILES string of the molecule is Nc1nc2cc(Br)c(F)cc2n1Cc1csc(=O)[nH]1. The number of halogens is 2. The highest BCUT2D eigenvalue weighted by Gasteiger charge is 2.12. The predicted molar refractivity (Wildman–Crippen MR) is 75.8 cm³/mol. The van der Waals surface area contributed by atoms with Gasteiger partial charge in [-0.25, -0.2) is 9.37 Å². The van der Waals surface area contributed by atoms with Crippen LogP contribution in [0.1, 0.15) is 5.69 Å². The van der Waals surface area contributed by atoms with E-state index in [2.05, 4.69) is 25.9 Å². The molecule has 0 aliphatic heterocycles. The quantitative estimate of drug-likeness (QED) is 0.750. The number of benzene rings is 1. The lowest BCUT2D eigenvalue weighted by Crippen LogP contribution is -2.06. The largest absolute Gasteiger partial charge is 0.369 e. The van der Waals surface area contributed by atoms with Gasteiger partial charge < -0.3 is 15.3 Å². The number of hydrogen-bond acceptors (Lipinski definition) is 4. The van der Waals surface area contributed by atoms with E-state index in [0.29, 0.717) is 27.7 Å². The van der Waals surface area contributed by atoms with Crippen LogP contribution in [0.4, 0.5) is 10.3 Å². The third kappa shape index (κ3) is 2.17. The number of nitrogen functional groups attached to an aromatic ring is 1. The molecule has 1 aromatic carbocycles. The van der Waals surface area contributed by atoms with Crippen molar-refractivity contribution in [3.8, 4) is 0 Å². The first-order valence-corrected chi connectivity index (χ1v) is 6.99. The summed E-state index contributed by atoms with van der Waals surface area (Å²) in [6, 6.07) is 2.95. The van der Waals surface area contributed by atoms with Crippen LogP contribution in [0.3, 0.4) is 0 Å². The van der Waals surface area contributed by atoms with Crippen LogP contribution in [0.15, 0.2) is 26.8 Å². The van der Waals surface area contributed by atoms with Gasteiger partial charge in [0.15, 0.2) is 0 Å². The van der Waals surface area contributed by atoms with Crippen molar-refractivity contribution in [1.29, 1.82) is 0 Å². The number of H-pyrrole nitrogens is 1. The van der Waals surface area contributed by atoms with Gasteiger partial charge in [0, 0.05) is 17.1 Å². The normalized spacial score (nSPS) is 11.3. The minimum atomic E-state index is -0.382. The van der Waals surface area contributed by atoms with Crippen molar-refractivity contribution >= 4 is 44.2 Å². The summed E-state index contributed by atoms with van der Waals surface area (Å²) in [7, 11) is 0. The van der Waals surface area contributed by atoms with Crippen LogP contribution >= 0.6 is 27.3 Å².